The van der Waals surface area contributed by atoms with Crippen LogP contribution < -0.4 is 15.8 Å². The molecule has 5 heterocycles. The number of hydrogen-bond acceptors (Lipinski definition) is 8. The Balaban J connectivity index is 0.00000101. The summed E-state index contributed by atoms with van der Waals surface area (Å²) in [6.45, 7) is 1.41. The Bertz CT molecular complexity index is 1600. The first-order valence-electron chi connectivity index (χ1n) is 13.5. The van der Waals surface area contributed by atoms with E-state index >= 15 is 0 Å². The molecule has 0 aliphatic carbocycles. The summed E-state index contributed by atoms with van der Waals surface area (Å²) in [5, 5.41) is 3.96. The summed E-state index contributed by atoms with van der Waals surface area (Å²) in [6, 6.07) is 16.9. The van der Waals surface area contributed by atoms with Gasteiger partial charge < -0.3 is 35.1 Å². The predicted octanol–water partition coefficient (Wildman–Crippen LogP) is 3.12. The van der Waals surface area contributed by atoms with Gasteiger partial charge in [-0.25, -0.2) is 0 Å². The van der Waals surface area contributed by atoms with Gasteiger partial charge in [-0.2, -0.15) is 0 Å². The molecule has 3 aliphatic heterocycles. The van der Waals surface area contributed by atoms with E-state index < -0.39 is 11.8 Å². The van der Waals surface area contributed by atoms with E-state index in [2.05, 4.69) is 21.0 Å². The molecule has 2 fully saturated rings. The maximum atomic E-state index is 13.6. The van der Waals surface area contributed by atoms with Crippen LogP contribution in [0.3, 0.4) is 0 Å². The van der Waals surface area contributed by atoms with Crippen molar-refractivity contribution in [1.82, 2.24) is 20.2 Å². The molecule has 4 aromatic rings. The fourth-order valence-corrected chi connectivity index (χ4v) is 6.36. The molecule has 2 aromatic heterocycles. The number of aromatic amines is 1. The second-order valence-electron chi connectivity index (χ2n) is 10.1. The number of nitrogens with zero attached hydrogens (tertiary/aromatic N) is 2. The van der Waals surface area contributed by atoms with Gasteiger partial charge in [0.05, 0.1) is 42.5 Å². The topological polar surface area (TPSA) is 149 Å². The number of para-hydroxylation sites is 1. The number of primary amides is 1. The number of likely N-dealkylation sites (tertiary alicyclic amines) is 1. The predicted molar refractivity (Wildman–Crippen MR) is 154 cm³/mol. The third kappa shape index (κ3) is 5.69. The Kier molecular flexibility index (Phi) is 7.83. The molecule has 12 heteroatoms. The van der Waals surface area contributed by atoms with Crippen LogP contribution in [0.4, 0.5) is 0 Å². The lowest BCUT2D eigenvalue weighted by molar-refractivity contribution is -0.152. The summed E-state index contributed by atoms with van der Waals surface area (Å²) < 4.78 is 17.9. The van der Waals surface area contributed by atoms with Gasteiger partial charge in [-0.1, -0.05) is 30.0 Å². The summed E-state index contributed by atoms with van der Waals surface area (Å²) >= 11 is 1.64. The molecule has 216 valence electrons. The second kappa shape index (κ2) is 11.8. The van der Waals surface area contributed by atoms with Crippen molar-refractivity contribution < 1.29 is 28.6 Å². The van der Waals surface area contributed by atoms with Crippen LogP contribution in [0, 0.1) is 0 Å². The molecular formula is C30H29N5O6S. The van der Waals surface area contributed by atoms with Gasteiger partial charge in [-0.15, -0.1) is 0 Å². The van der Waals surface area contributed by atoms with Crippen LogP contribution in [0.1, 0.15) is 17.7 Å². The molecule has 0 bridgehead atoms. The number of nitrogens with one attached hydrogen (secondary N) is 2. The van der Waals surface area contributed by atoms with Crippen LogP contribution in [0.5, 0.6) is 11.5 Å². The fraction of sp³-hybridized carbons (Fsp3) is 0.267. The minimum absolute atomic E-state index is 0.137. The largest absolute Gasteiger partial charge is 0.455 e. The Morgan fingerprint density at radius 3 is 2.71 bits per heavy atom. The highest BCUT2D eigenvalue weighted by Gasteiger charge is 2.52. The number of benzene rings is 2. The van der Waals surface area contributed by atoms with Crippen LogP contribution in [0.25, 0.3) is 10.9 Å². The van der Waals surface area contributed by atoms with Gasteiger partial charge in [0.2, 0.25) is 18.2 Å². The molecule has 11 nitrogen and oxygen atoms in total. The number of pyridine rings is 1. The zero-order chi connectivity index (χ0) is 29.1. The van der Waals surface area contributed by atoms with Crippen molar-refractivity contribution in [3.8, 4) is 11.5 Å². The van der Waals surface area contributed by atoms with E-state index in [0.29, 0.717) is 26.2 Å². The summed E-state index contributed by atoms with van der Waals surface area (Å²) in [5.41, 5.74) is 6.80. The van der Waals surface area contributed by atoms with E-state index in [1.165, 1.54) is 0 Å². The fourth-order valence-electron chi connectivity index (χ4n) is 5.43. The number of amides is 3. The number of carbonyl (C=O) groups is 3. The third-order valence-electron chi connectivity index (χ3n) is 7.31. The van der Waals surface area contributed by atoms with Crippen molar-refractivity contribution in [2.45, 2.75) is 41.0 Å². The van der Waals surface area contributed by atoms with Crippen molar-refractivity contribution in [3.63, 3.8) is 0 Å². The summed E-state index contributed by atoms with van der Waals surface area (Å²) in [6.07, 6.45) is 4.17. The van der Waals surface area contributed by atoms with Gasteiger partial charge in [-0.05, 0) is 42.0 Å². The smallest absolute Gasteiger partial charge is 0.243 e. The molecule has 4 N–H and O–H groups in total. The van der Waals surface area contributed by atoms with Gasteiger partial charge >= 0.3 is 0 Å². The highest BCUT2D eigenvalue weighted by Crippen LogP contribution is 2.47. The quantitative estimate of drug-likeness (QED) is 0.266. The number of ether oxygens (including phenoxy) is 3. The number of hydrogen-bond donors (Lipinski definition) is 3. The number of rotatable bonds is 5. The lowest BCUT2D eigenvalue weighted by Gasteiger charge is -2.25. The molecule has 0 saturated carbocycles. The molecule has 2 saturated heterocycles. The Hall–Kier alpha value is -4.39. The molecule has 1 atom stereocenters. The van der Waals surface area contributed by atoms with Gasteiger partial charge in [0.25, 0.3) is 0 Å². The highest BCUT2D eigenvalue weighted by molar-refractivity contribution is 7.99. The van der Waals surface area contributed by atoms with E-state index in [-0.39, 0.29) is 31.2 Å². The zero-order valence-corrected chi connectivity index (χ0v) is 23.4. The van der Waals surface area contributed by atoms with Crippen LogP contribution in [-0.4, -0.2) is 64.7 Å². The highest BCUT2D eigenvalue weighted by atomic mass is 32.2. The standard InChI is InChI=1S/C29H26N4O5S.CH3NO/c34-27(12-18-5-6-26-24(11-18)38-23-3-1-2-4-25(23)39-26)33-17-29(36-9-10-37-29)14-22(33)28(35)31-16-20-13-19-15-30-8-7-21(19)32-20;2-1-3/h1-8,11,13,15,22,32H,9-10,12,14,16-17H2,(H,31,35);1H,(H2,2,3). The van der Waals surface area contributed by atoms with Crippen molar-refractivity contribution in [2.24, 2.45) is 5.73 Å². The lowest BCUT2D eigenvalue weighted by atomic mass is 10.1. The first-order chi connectivity index (χ1) is 20.5. The SMILES string of the molecule is NC=O.O=C(NCc1cc2cnccc2[nH]1)C1CC2(CN1C(=O)Cc1ccc3c(c1)Oc1ccccc1S3)OCCO2. The van der Waals surface area contributed by atoms with Crippen LogP contribution >= 0.6 is 11.8 Å². The monoisotopic (exact) mass is 587 g/mol. The van der Waals surface area contributed by atoms with E-state index in [1.54, 1.807) is 29.1 Å². The molecule has 2 aromatic carbocycles. The number of carbonyl (C=O) groups excluding carboxylic acids is 3. The Labute approximate surface area is 245 Å². The summed E-state index contributed by atoms with van der Waals surface area (Å²) in [4.78, 5) is 46.7. The maximum absolute atomic E-state index is 13.6. The van der Waals surface area contributed by atoms with Crippen molar-refractivity contribution in [2.75, 3.05) is 19.8 Å². The Morgan fingerprint density at radius 2 is 1.90 bits per heavy atom. The van der Waals surface area contributed by atoms with E-state index in [9.17, 15) is 9.59 Å². The third-order valence-corrected chi connectivity index (χ3v) is 8.43. The lowest BCUT2D eigenvalue weighted by Crippen LogP contribution is -2.46. The first kappa shape index (κ1) is 27.8. The molecule has 0 radical (unpaired) electrons. The molecule has 7 rings (SSSR count). The van der Waals surface area contributed by atoms with Crippen molar-refractivity contribution in [1.29, 1.82) is 0 Å². The van der Waals surface area contributed by atoms with Crippen LogP contribution in [-0.2, 0) is 36.8 Å². The van der Waals surface area contributed by atoms with Gasteiger partial charge in [0, 0.05) is 35.4 Å². The average molecular weight is 588 g/mol. The minimum atomic E-state index is -0.941. The molecule has 1 unspecified atom stereocenters. The molecular weight excluding hydrogens is 558 g/mol. The summed E-state index contributed by atoms with van der Waals surface area (Å²) in [5.74, 6) is 0.194. The number of fused-ring (bicyclic) bond motifs is 3. The molecule has 3 amide bonds. The normalized spacial score (nSPS) is 18.0. The van der Waals surface area contributed by atoms with Gasteiger partial charge in [-0.3, -0.25) is 19.4 Å². The molecule has 42 heavy (non-hydrogen) atoms. The zero-order valence-electron chi connectivity index (χ0n) is 22.6. The van der Waals surface area contributed by atoms with Crippen molar-refractivity contribution in [3.05, 3.63) is 78.2 Å². The molecule has 3 aliphatic rings. The number of nitrogens with two attached hydrogens (primary N) is 1. The number of aromatic nitrogens is 2. The molecule has 1 spiro atoms. The Morgan fingerprint density at radius 1 is 1.12 bits per heavy atom. The summed E-state index contributed by atoms with van der Waals surface area (Å²) in [7, 11) is 0. The van der Waals surface area contributed by atoms with E-state index in [1.807, 2.05) is 54.6 Å². The van der Waals surface area contributed by atoms with E-state index in [4.69, 9.17) is 19.0 Å². The van der Waals surface area contributed by atoms with Gasteiger partial charge in [0.15, 0.2) is 5.79 Å². The van der Waals surface area contributed by atoms with Gasteiger partial charge in [0.1, 0.15) is 17.5 Å². The average Bonchev–Trinajstić information content (AvgIpc) is 3.74. The minimum Gasteiger partial charge on any atom is -0.455 e. The van der Waals surface area contributed by atoms with E-state index in [0.717, 1.165) is 43.5 Å². The first-order valence-corrected chi connectivity index (χ1v) is 14.3. The maximum Gasteiger partial charge on any atom is 0.243 e. The number of H-pyrrole nitrogens is 1. The van der Waals surface area contributed by atoms with Crippen LogP contribution in [0.2, 0.25) is 0 Å². The van der Waals surface area contributed by atoms with Crippen molar-refractivity contribution >= 4 is 40.9 Å². The van der Waals surface area contributed by atoms with Crippen LogP contribution in [0.15, 0.2) is 76.8 Å². The second-order valence-corrected chi connectivity index (χ2v) is 11.2.